The summed E-state index contributed by atoms with van der Waals surface area (Å²) in [6.07, 6.45) is 0. The van der Waals surface area contributed by atoms with Crippen LogP contribution in [-0.4, -0.2) is 35.2 Å². The molecule has 0 N–H and O–H groups in total. The Hall–Kier alpha value is -3.55. The lowest BCUT2D eigenvalue weighted by atomic mass is 10.1. The Morgan fingerprint density at radius 3 is 2.36 bits per heavy atom. The Bertz CT molecular complexity index is 968. The van der Waals surface area contributed by atoms with Gasteiger partial charge in [-0.15, -0.1) is 0 Å². The SMILES string of the molecule is CCN(C(=O)COC(=O)c1ccc(-c2nc(C)no2)cc1)c1ccc(F)cc1. The smallest absolute Gasteiger partial charge is 0.338 e. The number of carbonyl (C=O) groups is 2. The molecule has 3 rings (SSSR count). The summed E-state index contributed by atoms with van der Waals surface area (Å²) in [4.78, 5) is 30.1. The third-order valence-corrected chi connectivity index (χ3v) is 3.98. The number of benzene rings is 2. The Morgan fingerprint density at radius 2 is 1.79 bits per heavy atom. The Morgan fingerprint density at radius 1 is 1.11 bits per heavy atom. The summed E-state index contributed by atoms with van der Waals surface area (Å²) in [6, 6.07) is 11.9. The van der Waals surface area contributed by atoms with Crippen molar-refractivity contribution in [1.29, 1.82) is 0 Å². The second-order valence-electron chi connectivity index (χ2n) is 5.91. The zero-order valence-corrected chi connectivity index (χ0v) is 15.4. The molecule has 28 heavy (non-hydrogen) atoms. The molecule has 0 aliphatic heterocycles. The Kier molecular flexibility index (Phi) is 5.78. The number of ether oxygens (including phenoxy) is 1. The van der Waals surface area contributed by atoms with Crippen LogP contribution in [0.1, 0.15) is 23.1 Å². The maximum atomic E-state index is 13.0. The van der Waals surface area contributed by atoms with E-state index in [9.17, 15) is 14.0 Å². The van der Waals surface area contributed by atoms with Crippen LogP contribution < -0.4 is 4.90 Å². The maximum Gasteiger partial charge on any atom is 0.338 e. The summed E-state index contributed by atoms with van der Waals surface area (Å²) in [5.41, 5.74) is 1.49. The molecule has 8 heteroatoms. The molecular weight excluding hydrogens is 365 g/mol. The minimum absolute atomic E-state index is 0.289. The highest BCUT2D eigenvalue weighted by Gasteiger charge is 2.17. The van der Waals surface area contributed by atoms with Gasteiger partial charge in [0.05, 0.1) is 5.56 Å². The first-order valence-electron chi connectivity index (χ1n) is 8.61. The molecule has 0 saturated carbocycles. The highest BCUT2D eigenvalue weighted by atomic mass is 19.1. The molecule has 0 aliphatic carbocycles. The van der Waals surface area contributed by atoms with Gasteiger partial charge < -0.3 is 14.2 Å². The van der Waals surface area contributed by atoms with Crippen LogP contribution in [0.3, 0.4) is 0 Å². The van der Waals surface area contributed by atoms with Crippen molar-refractivity contribution in [3.63, 3.8) is 0 Å². The van der Waals surface area contributed by atoms with Gasteiger partial charge >= 0.3 is 5.97 Å². The fourth-order valence-electron chi connectivity index (χ4n) is 2.58. The van der Waals surface area contributed by atoms with E-state index in [1.165, 1.54) is 29.2 Å². The molecule has 0 fully saturated rings. The van der Waals surface area contributed by atoms with Gasteiger partial charge in [-0.2, -0.15) is 4.98 Å². The summed E-state index contributed by atoms with van der Waals surface area (Å²) in [6.45, 7) is 3.43. The number of anilines is 1. The maximum absolute atomic E-state index is 13.0. The van der Waals surface area contributed by atoms with E-state index in [1.807, 2.05) is 0 Å². The largest absolute Gasteiger partial charge is 0.452 e. The number of amides is 1. The van der Waals surface area contributed by atoms with Gasteiger partial charge in [-0.05, 0) is 62.4 Å². The van der Waals surface area contributed by atoms with Crippen LogP contribution in [-0.2, 0) is 9.53 Å². The Balaban J connectivity index is 1.61. The van der Waals surface area contributed by atoms with Crippen LogP contribution in [0, 0.1) is 12.7 Å². The molecule has 0 bridgehead atoms. The molecule has 0 aliphatic rings. The summed E-state index contributed by atoms with van der Waals surface area (Å²) >= 11 is 0. The fourth-order valence-corrected chi connectivity index (χ4v) is 2.58. The lowest BCUT2D eigenvalue weighted by molar-refractivity contribution is -0.121. The number of likely N-dealkylation sites (N-methyl/N-ethyl adjacent to an activating group) is 1. The number of esters is 1. The molecule has 0 spiro atoms. The van der Waals surface area contributed by atoms with E-state index in [1.54, 1.807) is 38.1 Å². The number of hydrogen-bond donors (Lipinski definition) is 0. The van der Waals surface area contributed by atoms with Gasteiger partial charge in [-0.3, -0.25) is 4.79 Å². The van der Waals surface area contributed by atoms with E-state index in [0.717, 1.165) is 0 Å². The fraction of sp³-hybridized carbons (Fsp3) is 0.200. The highest BCUT2D eigenvalue weighted by molar-refractivity contribution is 5.97. The molecule has 0 unspecified atom stereocenters. The van der Waals surface area contributed by atoms with Crippen LogP contribution >= 0.6 is 0 Å². The van der Waals surface area contributed by atoms with Crippen LogP contribution in [0.15, 0.2) is 53.1 Å². The molecular formula is C20H18FN3O4. The predicted octanol–water partition coefficient (Wildman–Crippen LogP) is 3.39. The molecule has 144 valence electrons. The van der Waals surface area contributed by atoms with Crippen LogP contribution in [0.4, 0.5) is 10.1 Å². The molecule has 3 aromatic rings. The number of aryl methyl sites for hydroxylation is 1. The van der Waals surface area contributed by atoms with Crippen molar-refractivity contribution < 1.29 is 23.2 Å². The van der Waals surface area contributed by atoms with E-state index in [2.05, 4.69) is 10.1 Å². The molecule has 1 heterocycles. The molecule has 0 radical (unpaired) electrons. The molecule has 0 atom stereocenters. The predicted molar refractivity (Wildman–Crippen MR) is 99.2 cm³/mol. The molecule has 0 saturated heterocycles. The van der Waals surface area contributed by atoms with Crippen LogP contribution in [0.5, 0.6) is 0 Å². The van der Waals surface area contributed by atoms with Gasteiger partial charge in [0.25, 0.3) is 11.8 Å². The van der Waals surface area contributed by atoms with Crippen LogP contribution in [0.2, 0.25) is 0 Å². The Labute approximate surface area is 160 Å². The van der Waals surface area contributed by atoms with Crippen molar-refractivity contribution in [2.75, 3.05) is 18.1 Å². The monoisotopic (exact) mass is 383 g/mol. The highest BCUT2D eigenvalue weighted by Crippen LogP contribution is 2.18. The first kappa shape index (κ1) is 19.2. The number of carbonyl (C=O) groups excluding carboxylic acids is 2. The van der Waals surface area contributed by atoms with Gasteiger partial charge in [0.15, 0.2) is 12.4 Å². The average molecular weight is 383 g/mol. The lowest BCUT2D eigenvalue weighted by Crippen LogP contribution is -2.34. The second-order valence-corrected chi connectivity index (χ2v) is 5.91. The van der Waals surface area contributed by atoms with E-state index in [0.29, 0.717) is 29.5 Å². The van der Waals surface area contributed by atoms with E-state index in [-0.39, 0.29) is 5.56 Å². The second kappa shape index (κ2) is 8.43. The first-order valence-corrected chi connectivity index (χ1v) is 8.61. The number of nitrogens with zero attached hydrogens (tertiary/aromatic N) is 3. The van der Waals surface area contributed by atoms with Crippen molar-refractivity contribution in [3.05, 3.63) is 65.7 Å². The normalized spacial score (nSPS) is 10.5. The summed E-state index contributed by atoms with van der Waals surface area (Å²) in [5, 5.41) is 3.71. The number of halogens is 1. The third kappa shape index (κ3) is 4.40. The zero-order chi connectivity index (χ0) is 20.1. The first-order chi connectivity index (χ1) is 13.5. The molecule has 1 aromatic heterocycles. The number of rotatable bonds is 6. The zero-order valence-electron chi connectivity index (χ0n) is 15.4. The summed E-state index contributed by atoms with van der Waals surface area (Å²) < 4.78 is 23.2. The van der Waals surface area contributed by atoms with Gasteiger partial charge in [0.2, 0.25) is 0 Å². The van der Waals surface area contributed by atoms with Crippen molar-refractivity contribution in [2.24, 2.45) is 0 Å². The third-order valence-electron chi connectivity index (χ3n) is 3.98. The van der Waals surface area contributed by atoms with Crippen molar-refractivity contribution in [1.82, 2.24) is 10.1 Å². The summed E-state index contributed by atoms with van der Waals surface area (Å²) in [7, 11) is 0. The minimum atomic E-state index is -0.628. The quantitative estimate of drug-likeness (QED) is 0.607. The standard InChI is InChI=1S/C20H18FN3O4/c1-3-24(17-10-8-16(21)9-11-17)18(25)12-27-20(26)15-6-4-14(5-7-15)19-22-13(2)23-28-19/h4-11H,3,12H2,1-2H3. The topological polar surface area (TPSA) is 85.5 Å². The number of hydrogen-bond acceptors (Lipinski definition) is 6. The van der Waals surface area contributed by atoms with Gasteiger partial charge in [-0.1, -0.05) is 5.16 Å². The van der Waals surface area contributed by atoms with Crippen molar-refractivity contribution in [2.45, 2.75) is 13.8 Å². The summed E-state index contributed by atoms with van der Waals surface area (Å²) in [5.74, 6) is -0.556. The van der Waals surface area contributed by atoms with Gasteiger partial charge in [0, 0.05) is 17.8 Å². The molecule has 1 amide bonds. The molecule has 2 aromatic carbocycles. The minimum Gasteiger partial charge on any atom is -0.452 e. The average Bonchev–Trinajstić information content (AvgIpc) is 3.14. The van der Waals surface area contributed by atoms with E-state index in [4.69, 9.17) is 9.26 Å². The van der Waals surface area contributed by atoms with Crippen molar-refractivity contribution >= 4 is 17.6 Å². The molecule has 7 nitrogen and oxygen atoms in total. The van der Waals surface area contributed by atoms with Crippen molar-refractivity contribution in [3.8, 4) is 11.5 Å². The van der Waals surface area contributed by atoms with Gasteiger partial charge in [-0.25, -0.2) is 9.18 Å². The lowest BCUT2D eigenvalue weighted by Gasteiger charge is -2.20. The van der Waals surface area contributed by atoms with E-state index < -0.39 is 24.3 Å². The van der Waals surface area contributed by atoms with Crippen LogP contribution in [0.25, 0.3) is 11.5 Å². The van der Waals surface area contributed by atoms with E-state index >= 15 is 0 Å². The number of aromatic nitrogens is 2. The van der Waals surface area contributed by atoms with Gasteiger partial charge in [0.1, 0.15) is 5.82 Å².